The maximum absolute atomic E-state index is 3.42. The van der Waals surface area contributed by atoms with E-state index >= 15 is 0 Å². The summed E-state index contributed by atoms with van der Waals surface area (Å²) in [5.74, 6) is 0. The van der Waals surface area contributed by atoms with Crippen molar-refractivity contribution < 1.29 is 0 Å². The monoisotopic (exact) mass is 82.1 g/mol. The van der Waals surface area contributed by atoms with Crippen LogP contribution in [0.25, 0.3) is 0 Å². The van der Waals surface area contributed by atoms with Crippen LogP contribution in [0.1, 0.15) is 19.8 Å². The lowest BCUT2D eigenvalue weighted by Gasteiger charge is -1.73. The molecule has 0 aromatic heterocycles. The van der Waals surface area contributed by atoms with E-state index in [-0.39, 0.29) is 0 Å². The Morgan fingerprint density at radius 3 is 2.67 bits per heavy atom. The van der Waals surface area contributed by atoms with E-state index in [4.69, 9.17) is 0 Å². The summed E-state index contributed by atoms with van der Waals surface area (Å²) in [7, 11) is 0. The Kier molecular flexibility index (Phi) is 4.16. The van der Waals surface area contributed by atoms with Gasteiger partial charge in [0.25, 0.3) is 0 Å². The molecule has 0 aliphatic rings. The van der Waals surface area contributed by atoms with E-state index in [1.54, 1.807) is 0 Å². The summed E-state index contributed by atoms with van der Waals surface area (Å²) in [4.78, 5) is 0. The lowest BCUT2D eigenvalue weighted by atomic mass is 10.3. The summed E-state index contributed by atoms with van der Waals surface area (Å²) in [5.41, 5.74) is 2.69. The molecule has 0 nitrogen and oxygen atoms in total. The minimum absolute atomic E-state index is 1.11. The van der Waals surface area contributed by atoms with Crippen LogP contribution in [0, 0.1) is 0 Å². The van der Waals surface area contributed by atoms with Crippen molar-refractivity contribution >= 4 is 0 Å². The zero-order chi connectivity index (χ0) is 4.83. The second-order valence-electron chi connectivity index (χ2n) is 1.20. The Bertz CT molecular complexity index is 56.4. The van der Waals surface area contributed by atoms with Gasteiger partial charge < -0.3 is 0 Å². The molecule has 0 saturated heterocycles. The third-order valence-corrected chi connectivity index (χ3v) is 0.577. The summed E-state index contributed by atoms with van der Waals surface area (Å²) in [5, 5.41) is 0. The van der Waals surface area contributed by atoms with Crippen LogP contribution in [0.3, 0.4) is 0 Å². The van der Waals surface area contributed by atoms with E-state index < -0.39 is 0 Å². The molecule has 0 amide bonds. The van der Waals surface area contributed by atoms with Gasteiger partial charge in [-0.3, -0.25) is 0 Å². The van der Waals surface area contributed by atoms with E-state index in [0.29, 0.717) is 0 Å². The molecule has 0 heteroatoms. The van der Waals surface area contributed by atoms with Crippen molar-refractivity contribution in [1.82, 2.24) is 0 Å². The maximum Gasteiger partial charge on any atom is -0.0277 e. The highest BCUT2D eigenvalue weighted by Gasteiger charge is 1.64. The molecule has 0 aromatic carbocycles. The van der Waals surface area contributed by atoms with Crippen molar-refractivity contribution in [2.45, 2.75) is 19.8 Å². The van der Waals surface area contributed by atoms with Gasteiger partial charge in [0.1, 0.15) is 0 Å². The minimum Gasteiger partial charge on any atom is -0.133 e. The number of allylic oxidation sites excluding steroid dienone is 1. The first kappa shape index (κ1) is 5.52. The fourth-order valence-corrected chi connectivity index (χ4v) is 0.246. The third kappa shape index (κ3) is 3.52. The molecule has 0 aromatic rings. The van der Waals surface area contributed by atoms with Crippen LogP contribution < -0.4 is 0 Å². The van der Waals surface area contributed by atoms with Crippen LogP contribution in [0.4, 0.5) is 0 Å². The Morgan fingerprint density at radius 2 is 2.50 bits per heavy atom. The van der Waals surface area contributed by atoms with Crippen molar-refractivity contribution in [2.24, 2.45) is 0 Å². The van der Waals surface area contributed by atoms with E-state index in [0.717, 1.165) is 6.42 Å². The summed E-state index contributed by atoms with van der Waals surface area (Å²) in [6.45, 7) is 5.55. The van der Waals surface area contributed by atoms with Crippen molar-refractivity contribution in [3.63, 3.8) is 0 Å². The first-order chi connectivity index (χ1) is 2.91. The van der Waals surface area contributed by atoms with E-state index in [2.05, 4.69) is 19.2 Å². The van der Waals surface area contributed by atoms with E-state index in [1.807, 2.05) is 6.08 Å². The highest BCUT2D eigenvalue weighted by atomic mass is 13.7. The summed E-state index contributed by atoms with van der Waals surface area (Å²) >= 11 is 0. The zero-order valence-electron chi connectivity index (χ0n) is 4.20. The van der Waals surface area contributed by atoms with Crippen molar-refractivity contribution in [1.29, 1.82) is 0 Å². The SMILES string of the molecule is C=C=CCCC. The predicted octanol–water partition coefficient (Wildman–Crippen LogP) is 2.13. The van der Waals surface area contributed by atoms with Crippen LogP contribution >= 0.6 is 0 Å². The molecule has 0 unspecified atom stereocenters. The molecular weight excluding hydrogens is 72.1 g/mol. The Labute approximate surface area is 39.2 Å². The Morgan fingerprint density at radius 1 is 1.83 bits per heavy atom. The molecule has 0 aliphatic heterocycles. The van der Waals surface area contributed by atoms with Gasteiger partial charge in [-0.15, -0.1) is 5.73 Å². The Hall–Kier alpha value is -0.480. The maximum atomic E-state index is 3.42. The fourth-order valence-electron chi connectivity index (χ4n) is 0.246. The molecule has 0 N–H and O–H groups in total. The number of hydrogen-bond donors (Lipinski definition) is 0. The summed E-state index contributed by atoms with van der Waals surface area (Å²) in [6, 6.07) is 0. The van der Waals surface area contributed by atoms with Gasteiger partial charge in [0.15, 0.2) is 0 Å². The van der Waals surface area contributed by atoms with Crippen LogP contribution in [-0.2, 0) is 0 Å². The molecule has 0 atom stereocenters. The molecule has 0 heterocycles. The molecule has 0 spiro atoms. The van der Waals surface area contributed by atoms with Crippen molar-refractivity contribution in [3.8, 4) is 0 Å². The molecule has 0 rings (SSSR count). The average Bonchev–Trinajstić information content (AvgIpc) is 1.61. The van der Waals surface area contributed by atoms with Crippen LogP contribution in [-0.4, -0.2) is 0 Å². The van der Waals surface area contributed by atoms with Gasteiger partial charge in [-0.1, -0.05) is 19.9 Å². The van der Waals surface area contributed by atoms with Gasteiger partial charge in [0.05, 0.1) is 0 Å². The second kappa shape index (κ2) is 4.52. The highest BCUT2D eigenvalue weighted by Crippen LogP contribution is 1.83. The van der Waals surface area contributed by atoms with Gasteiger partial charge >= 0.3 is 0 Å². The fraction of sp³-hybridized carbons (Fsp3) is 0.500. The molecule has 0 bridgehead atoms. The normalized spacial score (nSPS) is 6.83. The van der Waals surface area contributed by atoms with Crippen molar-refractivity contribution in [2.75, 3.05) is 0 Å². The minimum atomic E-state index is 1.11. The number of rotatable bonds is 2. The smallest absolute Gasteiger partial charge is 0.0277 e. The quantitative estimate of drug-likeness (QED) is 0.448. The van der Waals surface area contributed by atoms with Gasteiger partial charge in [0.2, 0.25) is 0 Å². The molecule has 34 valence electrons. The second-order valence-corrected chi connectivity index (χ2v) is 1.20. The van der Waals surface area contributed by atoms with Crippen LogP contribution in [0.2, 0.25) is 0 Å². The Balaban J connectivity index is 2.86. The lowest BCUT2D eigenvalue weighted by molar-refractivity contribution is 0.960. The average molecular weight is 82.1 g/mol. The van der Waals surface area contributed by atoms with E-state index in [9.17, 15) is 0 Å². The predicted molar refractivity (Wildman–Crippen MR) is 28.6 cm³/mol. The third-order valence-electron chi connectivity index (χ3n) is 0.577. The molecule has 0 fully saturated rings. The zero-order valence-corrected chi connectivity index (χ0v) is 4.20. The standard InChI is InChI=1S/C6H10/c1-3-5-6-4-2/h5H,1,4,6H2,2H3. The molecule has 0 saturated carbocycles. The molecule has 6 heavy (non-hydrogen) atoms. The van der Waals surface area contributed by atoms with Gasteiger partial charge in [-0.2, -0.15) is 0 Å². The molecular formula is C6H10. The lowest BCUT2D eigenvalue weighted by Crippen LogP contribution is -1.53. The highest BCUT2D eigenvalue weighted by molar-refractivity contribution is 4.73. The largest absolute Gasteiger partial charge is 0.133 e. The summed E-state index contributed by atoms with van der Waals surface area (Å²) < 4.78 is 0. The van der Waals surface area contributed by atoms with Crippen molar-refractivity contribution in [3.05, 3.63) is 18.4 Å². The van der Waals surface area contributed by atoms with Crippen LogP contribution in [0.5, 0.6) is 0 Å². The number of hydrogen-bond acceptors (Lipinski definition) is 0. The van der Waals surface area contributed by atoms with Gasteiger partial charge in [-0.25, -0.2) is 0 Å². The summed E-state index contributed by atoms with van der Waals surface area (Å²) in [6.07, 6.45) is 4.26. The molecule has 0 aliphatic carbocycles. The van der Waals surface area contributed by atoms with E-state index in [1.165, 1.54) is 6.42 Å². The topological polar surface area (TPSA) is 0 Å². The molecule has 0 radical (unpaired) electrons. The van der Waals surface area contributed by atoms with Crippen LogP contribution in [0.15, 0.2) is 18.4 Å². The number of unbranched alkanes of at least 4 members (excludes halogenated alkanes) is 1. The van der Waals surface area contributed by atoms with Gasteiger partial charge in [0, 0.05) is 0 Å². The first-order valence-electron chi connectivity index (χ1n) is 2.26. The first-order valence-corrected chi connectivity index (χ1v) is 2.26. The van der Waals surface area contributed by atoms with Gasteiger partial charge in [-0.05, 0) is 12.5 Å².